The maximum Gasteiger partial charge on any atom is 0.384 e. The third-order valence-electron chi connectivity index (χ3n) is 1.93. The molecule has 4 nitrogen and oxygen atoms in total. The highest BCUT2D eigenvalue weighted by molar-refractivity contribution is 5.89. The second-order valence-electron chi connectivity index (χ2n) is 3.44. The molecule has 15 heavy (non-hydrogen) atoms. The molecule has 0 unspecified atom stereocenters. The molecule has 0 spiro atoms. The summed E-state index contributed by atoms with van der Waals surface area (Å²) in [6, 6.07) is 0.289. The van der Waals surface area contributed by atoms with Crippen molar-refractivity contribution in [1.29, 1.82) is 0 Å². The molecule has 0 saturated heterocycles. The largest absolute Gasteiger partial charge is 0.459 e. The molecule has 0 atom stereocenters. The Morgan fingerprint density at radius 1 is 1.60 bits per heavy atom. The molecule has 1 rings (SSSR count). The summed E-state index contributed by atoms with van der Waals surface area (Å²) in [6.07, 6.45) is 1.83. The number of methoxy groups -OCH3 is 1. The van der Waals surface area contributed by atoms with Crippen LogP contribution < -0.4 is 0 Å². The van der Waals surface area contributed by atoms with Gasteiger partial charge in [-0.3, -0.25) is 4.68 Å². The van der Waals surface area contributed by atoms with Crippen molar-refractivity contribution in [3.63, 3.8) is 0 Å². The van der Waals surface area contributed by atoms with Crippen molar-refractivity contribution < 1.29 is 9.53 Å². The molecule has 0 aromatic carbocycles. The van der Waals surface area contributed by atoms with Crippen molar-refractivity contribution in [2.45, 2.75) is 26.8 Å². The number of rotatable bonds is 1. The number of nitrogens with zero attached hydrogens (tertiary/aromatic N) is 2. The molecule has 0 saturated carbocycles. The van der Waals surface area contributed by atoms with E-state index in [2.05, 4.69) is 21.7 Å². The molecule has 0 aliphatic heterocycles. The number of hydrogen-bond acceptors (Lipinski definition) is 3. The number of aromatic nitrogens is 2. The van der Waals surface area contributed by atoms with E-state index in [4.69, 9.17) is 0 Å². The fraction of sp³-hybridized carbons (Fsp3) is 0.455. The smallest absolute Gasteiger partial charge is 0.384 e. The van der Waals surface area contributed by atoms with Crippen LogP contribution in [0.2, 0.25) is 0 Å². The quantitative estimate of drug-likeness (QED) is 0.514. The summed E-state index contributed by atoms with van der Waals surface area (Å²) >= 11 is 0. The molecule has 0 aliphatic carbocycles. The van der Waals surface area contributed by atoms with Gasteiger partial charge in [0.2, 0.25) is 0 Å². The van der Waals surface area contributed by atoms with Crippen molar-refractivity contribution >= 4 is 5.97 Å². The number of esters is 1. The Morgan fingerprint density at radius 2 is 2.27 bits per heavy atom. The summed E-state index contributed by atoms with van der Waals surface area (Å²) in [4.78, 5) is 10.8. The van der Waals surface area contributed by atoms with E-state index in [1.54, 1.807) is 0 Å². The molecule has 0 aliphatic rings. The zero-order chi connectivity index (χ0) is 11.4. The van der Waals surface area contributed by atoms with Crippen LogP contribution in [-0.2, 0) is 9.53 Å². The van der Waals surface area contributed by atoms with Gasteiger partial charge in [-0.2, -0.15) is 5.10 Å². The third-order valence-corrected chi connectivity index (χ3v) is 1.93. The predicted molar refractivity (Wildman–Crippen MR) is 56.2 cm³/mol. The number of carbonyl (C=O) groups is 1. The lowest BCUT2D eigenvalue weighted by Gasteiger charge is -2.02. The van der Waals surface area contributed by atoms with Gasteiger partial charge >= 0.3 is 5.97 Å². The van der Waals surface area contributed by atoms with Crippen LogP contribution in [0, 0.1) is 18.8 Å². The highest BCUT2D eigenvalue weighted by Gasteiger charge is 2.04. The first-order valence-corrected chi connectivity index (χ1v) is 4.70. The lowest BCUT2D eigenvalue weighted by atomic mass is 10.3. The fourth-order valence-corrected chi connectivity index (χ4v) is 1.04. The first kappa shape index (κ1) is 11.3. The zero-order valence-electron chi connectivity index (χ0n) is 9.37. The average molecular weight is 206 g/mol. The van der Waals surface area contributed by atoms with Gasteiger partial charge in [0.15, 0.2) is 0 Å². The second kappa shape index (κ2) is 4.65. The van der Waals surface area contributed by atoms with Gasteiger partial charge < -0.3 is 4.74 Å². The van der Waals surface area contributed by atoms with Crippen molar-refractivity contribution in [3.8, 4) is 11.8 Å². The summed E-state index contributed by atoms with van der Waals surface area (Å²) in [7, 11) is 1.31. The summed E-state index contributed by atoms with van der Waals surface area (Å²) in [5.74, 6) is 4.57. The van der Waals surface area contributed by atoms with Gasteiger partial charge in [0.1, 0.15) is 0 Å². The Labute approximate surface area is 89.2 Å². The van der Waals surface area contributed by atoms with Gasteiger partial charge in [-0.05, 0) is 20.8 Å². The molecule has 1 aromatic rings. The van der Waals surface area contributed by atoms with Crippen LogP contribution in [0.5, 0.6) is 0 Å². The number of hydrogen-bond donors (Lipinski definition) is 0. The van der Waals surface area contributed by atoms with Crippen molar-refractivity contribution in [2.24, 2.45) is 0 Å². The van der Waals surface area contributed by atoms with Crippen LogP contribution in [0.1, 0.15) is 31.1 Å². The normalized spacial score (nSPS) is 9.67. The van der Waals surface area contributed by atoms with Crippen LogP contribution in [-0.4, -0.2) is 22.9 Å². The lowest BCUT2D eigenvalue weighted by Crippen LogP contribution is -2.00. The van der Waals surface area contributed by atoms with Gasteiger partial charge in [-0.1, -0.05) is 5.92 Å². The summed E-state index contributed by atoms with van der Waals surface area (Å²) < 4.78 is 6.24. The minimum Gasteiger partial charge on any atom is -0.459 e. The van der Waals surface area contributed by atoms with Crippen LogP contribution >= 0.6 is 0 Å². The number of carbonyl (C=O) groups excluding carboxylic acids is 1. The first-order valence-electron chi connectivity index (χ1n) is 4.70. The Bertz CT molecular complexity index is 422. The van der Waals surface area contributed by atoms with E-state index in [9.17, 15) is 4.79 Å². The highest BCUT2D eigenvalue weighted by Crippen LogP contribution is 2.08. The first-order chi connectivity index (χ1) is 7.04. The monoisotopic (exact) mass is 206 g/mol. The Kier molecular flexibility index (Phi) is 3.51. The Morgan fingerprint density at radius 3 is 2.73 bits per heavy atom. The van der Waals surface area contributed by atoms with Crippen LogP contribution in [0.15, 0.2) is 6.20 Å². The van der Waals surface area contributed by atoms with Gasteiger partial charge in [0.05, 0.1) is 18.4 Å². The zero-order valence-corrected chi connectivity index (χ0v) is 9.37. The molecule has 1 heterocycles. The predicted octanol–water partition coefficient (Wildman–Crippen LogP) is 1.30. The van der Waals surface area contributed by atoms with Gasteiger partial charge in [0.25, 0.3) is 0 Å². The Balaban J connectivity index is 2.94. The maximum absolute atomic E-state index is 10.8. The number of aryl methyl sites for hydroxylation is 1. The fourth-order valence-electron chi connectivity index (χ4n) is 1.04. The summed E-state index contributed by atoms with van der Waals surface area (Å²) in [5.41, 5.74) is 1.58. The van der Waals surface area contributed by atoms with Gasteiger partial charge in [0, 0.05) is 18.2 Å². The van der Waals surface area contributed by atoms with Crippen LogP contribution in [0.25, 0.3) is 0 Å². The van der Waals surface area contributed by atoms with Crippen molar-refractivity contribution in [1.82, 2.24) is 9.78 Å². The lowest BCUT2D eigenvalue weighted by molar-refractivity contribution is -0.133. The van der Waals surface area contributed by atoms with Crippen molar-refractivity contribution in [3.05, 3.63) is 17.5 Å². The molecule has 80 valence electrons. The Hall–Kier alpha value is -1.76. The van der Waals surface area contributed by atoms with Crippen molar-refractivity contribution in [2.75, 3.05) is 7.11 Å². The molecule has 0 radical (unpaired) electrons. The van der Waals surface area contributed by atoms with E-state index >= 15 is 0 Å². The SMILES string of the molecule is COC(=O)C#Cc1cn(C(C)C)nc1C. The molecule has 0 fully saturated rings. The molecular weight excluding hydrogens is 192 g/mol. The van der Waals surface area contributed by atoms with Crippen LogP contribution in [0.4, 0.5) is 0 Å². The summed E-state index contributed by atoms with van der Waals surface area (Å²) in [5, 5.41) is 4.28. The van der Waals surface area contributed by atoms with Gasteiger partial charge in [-0.15, -0.1) is 0 Å². The topological polar surface area (TPSA) is 44.1 Å². The highest BCUT2D eigenvalue weighted by atomic mass is 16.5. The molecule has 0 N–H and O–H groups in total. The molecule has 0 amide bonds. The average Bonchev–Trinajstić information content (AvgIpc) is 2.56. The summed E-state index contributed by atoms with van der Waals surface area (Å²) in [6.45, 7) is 5.92. The second-order valence-corrected chi connectivity index (χ2v) is 3.44. The van der Waals surface area contributed by atoms with E-state index in [1.807, 2.05) is 31.6 Å². The van der Waals surface area contributed by atoms with Gasteiger partial charge in [-0.25, -0.2) is 4.79 Å². The maximum atomic E-state index is 10.8. The molecule has 4 heteroatoms. The minimum atomic E-state index is -0.535. The third kappa shape index (κ3) is 2.84. The van der Waals surface area contributed by atoms with E-state index < -0.39 is 5.97 Å². The van der Waals surface area contributed by atoms with E-state index in [0.29, 0.717) is 0 Å². The number of ether oxygens (including phenoxy) is 1. The molecule has 0 bridgehead atoms. The van der Waals surface area contributed by atoms with Crippen LogP contribution in [0.3, 0.4) is 0 Å². The minimum absolute atomic E-state index is 0.289. The standard InChI is InChI=1S/C11H14N2O2/c1-8(2)13-7-10(9(3)12-13)5-6-11(14)15-4/h7-8H,1-4H3. The van der Waals surface area contributed by atoms with E-state index in [1.165, 1.54) is 7.11 Å². The van der Waals surface area contributed by atoms with E-state index in [-0.39, 0.29) is 6.04 Å². The molecule has 1 aromatic heterocycles. The molecular formula is C11H14N2O2. The van der Waals surface area contributed by atoms with E-state index in [0.717, 1.165) is 11.3 Å².